The molecule has 1 heterocycles. The molecule has 1 aliphatic heterocycles. The molecular weight excluding hydrogens is 414 g/mol. The molecule has 3 aromatic carbocycles. The van der Waals surface area contributed by atoms with Crippen molar-refractivity contribution in [3.05, 3.63) is 119 Å². The number of hydrogen-bond donors (Lipinski definition) is 1. The summed E-state index contributed by atoms with van der Waals surface area (Å²) in [7, 11) is 0. The summed E-state index contributed by atoms with van der Waals surface area (Å²) in [4.78, 5) is 2.35. The van der Waals surface area contributed by atoms with Gasteiger partial charge in [0.1, 0.15) is 5.75 Å². The fraction of sp³-hybridized carbons (Fsp3) is 0.250. The quantitative estimate of drug-likeness (QED) is 0.393. The third-order valence-corrected chi connectivity index (χ3v) is 7.04. The highest BCUT2D eigenvalue weighted by molar-refractivity contribution is 5.80. The molecule has 174 valence electrons. The van der Waals surface area contributed by atoms with E-state index in [4.69, 9.17) is 0 Å². The van der Waals surface area contributed by atoms with Crippen LogP contribution in [0.5, 0.6) is 5.75 Å². The van der Waals surface area contributed by atoms with Crippen LogP contribution in [0.25, 0.3) is 17.3 Å². The van der Waals surface area contributed by atoms with Gasteiger partial charge in [0.05, 0.1) is 0 Å². The van der Waals surface area contributed by atoms with E-state index in [1.807, 2.05) is 18.2 Å². The third-order valence-electron chi connectivity index (χ3n) is 7.04. The van der Waals surface area contributed by atoms with Gasteiger partial charge in [-0.15, -0.1) is 0 Å². The van der Waals surface area contributed by atoms with Crippen molar-refractivity contribution in [3.8, 4) is 5.75 Å². The summed E-state index contributed by atoms with van der Waals surface area (Å²) in [5.74, 6) is 0.934. The predicted molar refractivity (Wildman–Crippen MR) is 145 cm³/mol. The number of benzene rings is 3. The Morgan fingerprint density at radius 2 is 1.68 bits per heavy atom. The molecule has 0 saturated carbocycles. The van der Waals surface area contributed by atoms with E-state index in [-0.39, 0.29) is 11.7 Å². The van der Waals surface area contributed by atoms with Crippen molar-refractivity contribution in [1.82, 2.24) is 4.90 Å². The largest absolute Gasteiger partial charge is 0.508 e. The van der Waals surface area contributed by atoms with E-state index < -0.39 is 0 Å². The summed E-state index contributed by atoms with van der Waals surface area (Å²) in [6.45, 7) is 18.6. The molecule has 2 nitrogen and oxygen atoms in total. The molecule has 34 heavy (non-hydrogen) atoms. The zero-order valence-corrected chi connectivity index (χ0v) is 20.8. The molecule has 0 aromatic heterocycles. The zero-order valence-electron chi connectivity index (χ0n) is 20.8. The summed E-state index contributed by atoms with van der Waals surface area (Å²) in [5.41, 5.74) is 10.5. The SMILES string of the molecule is C=C(CC(C1=Cc2cc(O)ccc2C(=C)N1Cc1ccccc1)C(C)C)c1ccc(C)c(C)c1. The standard InChI is InChI=1S/C32H35NO/c1-21(2)31(17-24(5)27-13-12-22(3)23(4)16-27)32-19-28-18-29(34)14-15-30(28)25(6)33(32)20-26-10-8-7-9-11-26/h7-16,18-19,21,31,34H,5-6,17,20H2,1-4H3. The van der Waals surface area contributed by atoms with Crippen molar-refractivity contribution in [3.63, 3.8) is 0 Å². The van der Waals surface area contributed by atoms with Crippen LogP contribution in [0, 0.1) is 25.7 Å². The van der Waals surface area contributed by atoms with Crippen molar-refractivity contribution in [2.45, 2.75) is 40.7 Å². The smallest absolute Gasteiger partial charge is 0.116 e. The molecule has 0 spiro atoms. The molecule has 0 bridgehead atoms. The van der Waals surface area contributed by atoms with E-state index in [2.05, 4.69) is 94.3 Å². The molecule has 0 amide bonds. The van der Waals surface area contributed by atoms with E-state index in [0.29, 0.717) is 5.92 Å². The highest BCUT2D eigenvalue weighted by atomic mass is 16.3. The minimum Gasteiger partial charge on any atom is -0.508 e. The Kier molecular flexibility index (Phi) is 6.79. The first-order chi connectivity index (χ1) is 16.2. The number of aromatic hydroxyl groups is 1. The maximum Gasteiger partial charge on any atom is 0.116 e. The Bertz CT molecular complexity index is 1250. The summed E-state index contributed by atoms with van der Waals surface area (Å²) in [6, 6.07) is 22.7. The molecular formula is C32H35NO. The van der Waals surface area contributed by atoms with Crippen LogP contribution in [-0.4, -0.2) is 10.0 Å². The second-order valence-electron chi connectivity index (χ2n) is 9.82. The Morgan fingerprint density at radius 1 is 0.941 bits per heavy atom. The van der Waals surface area contributed by atoms with Gasteiger partial charge in [0.15, 0.2) is 0 Å². The van der Waals surface area contributed by atoms with Crippen LogP contribution in [0.3, 0.4) is 0 Å². The molecule has 0 fully saturated rings. The maximum absolute atomic E-state index is 10.2. The van der Waals surface area contributed by atoms with E-state index in [9.17, 15) is 5.11 Å². The van der Waals surface area contributed by atoms with Crippen molar-refractivity contribution in [2.75, 3.05) is 0 Å². The summed E-state index contributed by atoms with van der Waals surface area (Å²) in [5, 5.41) is 10.2. The molecule has 0 saturated heterocycles. The average Bonchev–Trinajstić information content (AvgIpc) is 2.81. The van der Waals surface area contributed by atoms with Gasteiger partial charge in [-0.25, -0.2) is 0 Å². The summed E-state index contributed by atoms with van der Waals surface area (Å²) < 4.78 is 0. The van der Waals surface area contributed by atoms with E-state index in [1.54, 1.807) is 6.07 Å². The van der Waals surface area contributed by atoms with Crippen molar-refractivity contribution >= 4 is 17.3 Å². The van der Waals surface area contributed by atoms with Crippen LogP contribution >= 0.6 is 0 Å². The van der Waals surface area contributed by atoms with Crippen LogP contribution < -0.4 is 0 Å². The van der Waals surface area contributed by atoms with Crippen molar-refractivity contribution < 1.29 is 5.11 Å². The predicted octanol–water partition coefficient (Wildman–Crippen LogP) is 8.21. The number of hydrogen-bond acceptors (Lipinski definition) is 2. The van der Waals surface area contributed by atoms with E-state index in [1.165, 1.54) is 28.0 Å². The monoisotopic (exact) mass is 449 g/mol. The fourth-order valence-corrected chi connectivity index (χ4v) is 4.76. The lowest BCUT2D eigenvalue weighted by atomic mass is 9.81. The number of rotatable bonds is 7. The molecule has 1 unspecified atom stereocenters. The number of phenols is 1. The number of allylic oxidation sites excluding steroid dienone is 2. The normalized spacial score (nSPS) is 14.1. The van der Waals surface area contributed by atoms with Crippen molar-refractivity contribution in [2.24, 2.45) is 11.8 Å². The molecule has 2 heteroatoms. The van der Waals surface area contributed by atoms with Gasteiger partial charge in [-0.3, -0.25) is 0 Å². The van der Waals surface area contributed by atoms with Crippen LogP contribution in [-0.2, 0) is 6.54 Å². The van der Waals surface area contributed by atoms with Crippen LogP contribution in [0.15, 0.2) is 85.6 Å². The minimum atomic E-state index is 0.255. The van der Waals surface area contributed by atoms with Gasteiger partial charge in [-0.1, -0.05) is 75.5 Å². The van der Waals surface area contributed by atoms with Gasteiger partial charge in [0.25, 0.3) is 0 Å². The Balaban J connectivity index is 1.75. The molecule has 0 aliphatic carbocycles. The van der Waals surface area contributed by atoms with Gasteiger partial charge in [0.2, 0.25) is 0 Å². The van der Waals surface area contributed by atoms with Gasteiger partial charge in [0, 0.05) is 29.4 Å². The lowest BCUT2D eigenvalue weighted by Crippen LogP contribution is -2.30. The molecule has 1 N–H and O–H groups in total. The van der Waals surface area contributed by atoms with Crippen LogP contribution in [0.4, 0.5) is 0 Å². The zero-order chi connectivity index (χ0) is 24.4. The Labute approximate surface area is 204 Å². The molecule has 4 rings (SSSR count). The summed E-state index contributed by atoms with van der Waals surface area (Å²) in [6.07, 6.45) is 3.10. The van der Waals surface area contributed by atoms with Gasteiger partial charge in [-0.05, 0) is 83.9 Å². The second kappa shape index (κ2) is 9.77. The maximum atomic E-state index is 10.2. The lowest BCUT2D eigenvalue weighted by molar-refractivity contribution is 0.345. The van der Waals surface area contributed by atoms with E-state index in [0.717, 1.165) is 35.4 Å². The first kappa shape index (κ1) is 23.6. The third kappa shape index (κ3) is 4.87. The van der Waals surface area contributed by atoms with E-state index >= 15 is 0 Å². The minimum absolute atomic E-state index is 0.255. The molecule has 1 atom stereocenters. The first-order valence-corrected chi connectivity index (χ1v) is 12.1. The Hall–Kier alpha value is -3.52. The van der Waals surface area contributed by atoms with Gasteiger partial charge in [-0.2, -0.15) is 0 Å². The number of fused-ring (bicyclic) bond motifs is 1. The Morgan fingerprint density at radius 3 is 2.35 bits per heavy atom. The fourth-order valence-electron chi connectivity index (χ4n) is 4.76. The second-order valence-corrected chi connectivity index (χ2v) is 9.82. The van der Waals surface area contributed by atoms with Crippen LogP contribution in [0.2, 0.25) is 0 Å². The average molecular weight is 450 g/mol. The highest BCUT2D eigenvalue weighted by Gasteiger charge is 2.30. The highest BCUT2D eigenvalue weighted by Crippen LogP contribution is 2.42. The summed E-state index contributed by atoms with van der Waals surface area (Å²) >= 11 is 0. The topological polar surface area (TPSA) is 23.5 Å². The first-order valence-electron chi connectivity index (χ1n) is 12.1. The molecule has 0 radical (unpaired) electrons. The number of aryl methyl sites for hydroxylation is 2. The molecule has 3 aromatic rings. The van der Waals surface area contributed by atoms with Crippen LogP contribution in [0.1, 0.15) is 53.6 Å². The molecule has 1 aliphatic rings. The van der Waals surface area contributed by atoms with Crippen molar-refractivity contribution in [1.29, 1.82) is 0 Å². The lowest BCUT2D eigenvalue weighted by Gasteiger charge is -2.39. The number of phenolic OH excluding ortho intramolecular Hbond substituents is 1. The van der Waals surface area contributed by atoms with Gasteiger partial charge < -0.3 is 10.0 Å². The van der Waals surface area contributed by atoms with Gasteiger partial charge >= 0.3 is 0 Å². The number of nitrogens with zero attached hydrogens (tertiary/aromatic N) is 1.